The lowest BCUT2D eigenvalue weighted by atomic mass is 9.89. The van der Waals surface area contributed by atoms with Gasteiger partial charge in [-0.3, -0.25) is 4.68 Å². The molecule has 2 heteroatoms. The fourth-order valence-electron chi connectivity index (χ4n) is 3.68. The van der Waals surface area contributed by atoms with Gasteiger partial charge in [0.15, 0.2) is 0 Å². The summed E-state index contributed by atoms with van der Waals surface area (Å²) in [6.07, 6.45) is 5.94. The van der Waals surface area contributed by atoms with Gasteiger partial charge in [-0.25, -0.2) is 0 Å². The molecule has 0 aliphatic heterocycles. The van der Waals surface area contributed by atoms with E-state index in [9.17, 15) is 0 Å². The number of hydrogen-bond acceptors (Lipinski definition) is 1. The number of aromatic nitrogens is 2. The molecule has 2 fully saturated rings. The predicted molar refractivity (Wildman–Crippen MR) is 60.6 cm³/mol. The van der Waals surface area contributed by atoms with Gasteiger partial charge in [-0.05, 0) is 56.9 Å². The molecule has 1 aromatic rings. The van der Waals surface area contributed by atoms with E-state index in [-0.39, 0.29) is 0 Å². The van der Waals surface area contributed by atoms with Crippen molar-refractivity contribution in [2.45, 2.75) is 46.1 Å². The first-order valence-electron chi connectivity index (χ1n) is 6.23. The molecule has 2 nitrogen and oxygen atoms in total. The monoisotopic (exact) mass is 204 g/mol. The zero-order valence-electron chi connectivity index (χ0n) is 9.74. The maximum absolute atomic E-state index is 4.57. The lowest BCUT2D eigenvalue weighted by Gasteiger charge is -2.22. The molecular weight excluding hydrogens is 184 g/mol. The Balaban J connectivity index is 1.73. The minimum atomic E-state index is 0.918. The second-order valence-electron chi connectivity index (χ2n) is 5.54. The molecule has 2 aliphatic rings. The molecule has 2 saturated carbocycles. The Bertz CT molecular complexity index is 367. The first kappa shape index (κ1) is 9.44. The second kappa shape index (κ2) is 3.36. The minimum absolute atomic E-state index is 0.918. The molecule has 1 aromatic heterocycles. The van der Waals surface area contributed by atoms with E-state index in [0.717, 1.165) is 23.4 Å². The number of aryl methyl sites for hydroxylation is 2. The van der Waals surface area contributed by atoms with E-state index in [1.54, 1.807) is 0 Å². The van der Waals surface area contributed by atoms with Crippen molar-refractivity contribution in [3.8, 4) is 0 Å². The molecule has 0 N–H and O–H groups in total. The summed E-state index contributed by atoms with van der Waals surface area (Å²) in [7, 11) is 0. The summed E-state index contributed by atoms with van der Waals surface area (Å²) in [6.45, 7) is 5.43. The third-order valence-corrected chi connectivity index (χ3v) is 4.40. The highest BCUT2D eigenvalue weighted by atomic mass is 15.3. The topological polar surface area (TPSA) is 17.8 Å². The zero-order chi connectivity index (χ0) is 10.4. The fourth-order valence-corrected chi connectivity index (χ4v) is 3.68. The minimum Gasteiger partial charge on any atom is -0.269 e. The Morgan fingerprint density at radius 1 is 1.33 bits per heavy atom. The van der Waals surface area contributed by atoms with Crippen LogP contribution in [-0.2, 0) is 6.54 Å². The van der Waals surface area contributed by atoms with Crippen LogP contribution in [0.1, 0.15) is 37.1 Å². The van der Waals surface area contributed by atoms with Crippen LogP contribution in [0.5, 0.6) is 0 Å². The van der Waals surface area contributed by atoms with E-state index in [1.807, 2.05) is 0 Å². The highest BCUT2D eigenvalue weighted by Crippen LogP contribution is 2.48. The largest absolute Gasteiger partial charge is 0.269 e. The first-order chi connectivity index (χ1) is 7.22. The average Bonchev–Trinajstić information content (AvgIpc) is 2.83. The van der Waals surface area contributed by atoms with Crippen molar-refractivity contribution in [3.05, 3.63) is 17.5 Å². The zero-order valence-corrected chi connectivity index (χ0v) is 9.74. The van der Waals surface area contributed by atoms with Crippen LogP contribution in [0.2, 0.25) is 0 Å². The summed E-state index contributed by atoms with van der Waals surface area (Å²) in [5.74, 6) is 2.98. The summed E-state index contributed by atoms with van der Waals surface area (Å²) in [6, 6.07) is 2.19. The highest BCUT2D eigenvalue weighted by molar-refractivity contribution is 5.07. The molecule has 15 heavy (non-hydrogen) atoms. The first-order valence-corrected chi connectivity index (χ1v) is 6.23. The molecule has 82 valence electrons. The van der Waals surface area contributed by atoms with E-state index in [1.165, 1.54) is 37.9 Å². The molecule has 0 spiro atoms. The molecule has 0 radical (unpaired) electrons. The molecule has 3 atom stereocenters. The standard InChI is InChI=1S/C13H20N2/c1-9-5-10(2)15(14-9)8-13-7-11-3-4-12(13)6-11/h5,11-13H,3-4,6-8H2,1-2H3. The third-order valence-electron chi connectivity index (χ3n) is 4.40. The Morgan fingerprint density at radius 3 is 2.73 bits per heavy atom. The molecule has 0 amide bonds. The van der Waals surface area contributed by atoms with Crippen LogP contribution in [0.15, 0.2) is 6.07 Å². The van der Waals surface area contributed by atoms with Gasteiger partial charge in [0.05, 0.1) is 5.69 Å². The van der Waals surface area contributed by atoms with Gasteiger partial charge in [-0.15, -0.1) is 0 Å². The second-order valence-corrected chi connectivity index (χ2v) is 5.54. The SMILES string of the molecule is Cc1cc(C)n(CC2CC3CCC2C3)n1. The summed E-state index contributed by atoms with van der Waals surface area (Å²) in [4.78, 5) is 0. The van der Waals surface area contributed by atoms with Crippen molar-refractivity contribution in [1.82, 2.24) is 9.78 Å². The Morgan fingerprint density at radius 2 is 2.20 bits per heavy atom. The van der Waals surface area contributed by atoms with Crippen molar-refractivity contribution >= 4 is 0 Å². The molecule has 0 aromatic carbocycles. The van der Waals surface area contributed by atoms with E-state index >= 15 is 0 Å². The van der Waals surface area contributed by atoms with Crippen molar-refractivity contribution < 1.29 is 0 Å². The Labute approximate surface area is 91.7 Å². The molecule has 1 heterocycles. The van der Waals surface area contributed by atoms with Crippen molar-refractivity contribution in [3.63, 3.8) is 0 Å². The predicted octanol–water partition coefficient (Wildman–Crippen LogP) is 2.94. The quantitative estimate of drug-likeness (QED) is 0.724. The Kier molecular flexibility index (Phi) is 2.11. The summed E-state index contributed by atoms with van der Waals surface area (Å²) in [5.41, 5.74) is 2.49. The lowest BCUT2D eigenvalue weighted by molar-refractivity contribution is 0.283. The van der Waals surface area contributed by atoms with Crippen LogP contribution in [0.3, 0.4) is 0 Å². The van der Waals surface area contributed by atoms with Crippen LogP contribution in [-0.4, -0.2) is 9.78 Å². The molecule has 2 aliphatic carbocycles. The summed E-state index contributed by atoms with van der Waals surface area (Å²) in [5, 5.41) is 4.57. The molecular formula is C13H20N2. The van der Waals surface area contributed by atoms with Gasteiger partial charge in [-0.2, -0.15) is 5.10 Å². The molecule has 3 unspecified atom stereocenters. The molecule has 0 saturated heterocycles. The Hall–Kier alpha value is -0.790. The van der Waals surface area contributed by atoms with Crippen LogP contribution in [0, 0.1) is 31.6 Å². The number of hydrogen-bond donors (Lipinski definition) is 0. The summed E-state index contributed by atoms with van der Waals surface area (Å²) >= 11 is 0. The smallest absolute Gasteiger partial charge is 0.0596 e. The average molecular weight is 204 g/mol. The van der Waals surface area contributed by atoms with Crippen LogP contribution >= 0.6 is 0 Å². The van der Waals surface area contributed by atoms with Crippen LogP contribution in [0.25, 0.3) is 0 Å². The van der Waals surface area contributed by atoms with Gasteiger partial charge >= 0.3 is 0 Å². The normalized spacial score (nSPS) is 33.9. The van der Waals surface area contributed by atoms with Crippen molar-refractivity contribution in [2.75, 3.05) is 0 Å². The number of nitrogens with zero attached hydrogens (tertiary/aromatic N) is 2. The maximum Gasteiger partial charge on any atom is 0.0596 e. The highest BCUT2D eigenvalue weighted by Gasteiger charge is 2.39. The summed E-state index contributed by atoms with van der Waals surface area (Å²) < 4.78 is 2.22. The number of rotatable bonds is 2. The van der Waals surface area contributed by atoms with E-state index < -0.39 is 0 Å². The van der Waals surface area contributed by atoms with Gasteiger partial charge in [0.1, 0.15) is 0 Å². The van der Waals surface area contributed by atoms with Gasteiger partial charge < -0.3 is 0 Å². The van der Waals surface area contributed by atoms with E-state index in [2.05, 4.69) is 29.7 Å². The van der Waals surface area contributed by atoms with E-state index in [4.69, 9.17) is 0 Å². The van der Waals surface area contributed by atoms with Gasteiger partial charge in [0, 0.05) is 12.2 Å². The van der Waals surface area contributed by atoms with Crippen LogP contribution < -0.4 is 0 Å². The van der Waals surface area contributed by atoms with Gasteiger partial charge in [-0.1, -0.05) is 6.42 Å². The lowest BCUT2D eigenvalue weighted by Crippen LogP contribution is -2.18. The van der Waals surface area contributed by atoms with Crippen molar-refractivity contribution in [1.29, 1.82) is 0 Å². The van der Waals surface area contributed by atoms with Gasteiger partial charge in [0.2, 0.25) is 0 Å². The van der Waals surface area contributed by atoms with Gasteiger partial charge in [0.25, 0.3) is 0 Å². The van der Waals surface area contributed by atoms with E-state index in [0.29, 0.717) is 0 Å². The molecule has 2 bridgehead atoms. The maximum atomic E-state index is 4.57. The van der Waals surface area contributed by atoms with Crippen molar-refractivity contribution in [2.24, 2.45) is 17.8 Å². The fraction of sp³-hybridized carbons (Fsp3) is 0.769. The molecule has 3 rings (SSSR count). The number of fused-ring (bicyclic) bond motifs is 2. The van der Waals surface area contributed by atoms with Crippen LogP contribution in [0.4, 0.5) is 0 Å². The third kappa shape index (κ3) is 1.60.